The van der Waals surface area contributed by atoms with Crippen LogP contribution in [-0.4, -0.2) is 43.7 Å². The number of benzene rings is 2. The van der Waals surface area contributed by atoms with Crippen molar-refractivity contribution in [2.75, 3.05) is 14.1 Å². The van der Waals surface area contributed by atoms with E-state index in [-0.39, 0.29) is 22.9 Å². The number of carbonyl (C=O) groups excluding carboxylic acids is 1. The SMILES string of the molecule is CC(c1ccccc1)N(C)C(=O)c1ccc(S(=O)(=O)N(C)C(C)C)cc1. The van der Waals surface area contributed by atoms with E-state index < -0.39 is 10.0 Å². The summed E-state index contributed by atoms with van der Waals surface area (Å²) in [5.41, 5.74) is 1.50. The Bertz CT molecular complexity index is 846. The van der Waals surface area contributed by atoms with Gasteiger partial charge in [0.05, 0.1) is 10.9 Å². The van der Waals surface area contributed by atoms with Crippen LogP contribution in [0.1, 0.15) is 42.7 Å². The quantitative estimate of drug-likeness (QED) is 0.777. The third-order valence-electron chi connectivity index (χ3n) is 4.69. The lowest BCUT2D eigenvalue weighted by atomic mass is 10.1. The first-order valence-electron chi connectivity index (χ1n) is 8.56. The van der Waals surface area contributed by atoms with Crippen molar-refractivity contribution in [1.29, 1.82) is 0 Å². The van der Waals surface area contributed by atoms with Crippen molar-refractivity contribution in [3.05, 3.63) is 65.7 Å². The second-order valence-corrected chi connectivity index (χ2v) is 8.64. The van der Waals surface area contributed by atoms with Gasteiger partial charge in [-0.15, -0.1) is 0 Å². The maximum Gasteiger partial charge on any atom is 0.254 e. The molecule has 0 fully saturated rings. The predicted molar refractivity (Wildman–Crippen MR) is 103 cm³/mol. The minimum atomic E-state index is -3.55. The van der Waals surface area contributed by atoms with Gasteiger partial charge in [-0.3, -0.25) is 4.79 Å². The first-order valence-corrected chi connectivity index (χ1v) is 10.0. The highest BCUT2D eigenvalue weighted by atomic mass is 32.2. The summed E-state index contributed by atoms with van der Waals surface area (Å²) in [5, 5.41) is 0. The molecule has 140 valence electrons. The summed E-state index contributed by atoms with van der Waals surface area (Å²) >= 11 is 0. The summed E-state index contributed by atoms with van der Waals surface area (Å²) < 4.78 is 26.3. The summed E-state index contributed by atoms with van der Waals surface area (Å²) in [6, 6.07) is 15.7. The molecule has 2 rings (SSSR count). The average Bonchev–Trinajstić information content (AvgIpc) is 2.66. The smallest absolute Gasteiger partial charge is 0.254 e. The van der Waals surface area contributed by atoms with Crippen molar-refractivity contribution in [1.82, 2.24) is 9.21 Å². The van der Waals surface area contributed by atoms with Crippen molar-refractivity contribution >= 4 is 15.9 Å². The standard InChI is InChI=1S/C20H26N2O3S/c1-15(2)22(5)26(24,25)19-13-11-18(12-14-19)20(23)21(4)16(3)17-9-7-6-8-10-17/h6-16H,1-5H3. The minimum Gasteiger partial charge on any atom is -0.335 e. The maximum atomic E-state index is 12.7. The zero-order valence-electron chi connectivity index (χ0n) is 15.9. The summed E-state index contributed by atoms with van der Waals surface area (Å²) in [7, 11) is -0.255. The van der Waals surface area contributed by atoms with E-state index in [0.29, 0.717) is 5.56 Å². The molecule has 0 aliphatic carbocycles. The van der Waals surface area contributed by atoms with Crippen molar-refractivity contribution in [3.8, 4) is 0 Å². The van der Waals surface area contributed by atoms with Gasteiger partial charge in [0.2, 0.25) is 10.0 Å². The van der Waals surface area contributed by atoms with Crippen LogP contribution in [0.4, 0.5) is 0 Å². The molecule has 0 N–H and O–H groups in total. The Balaban J connectivity index is 2.21. The van der Waals surface area contributed by atoms with Gasteiger partial charge in [0.25, 0.3) is 5.91 Å². The number of hydrogen-bond donors (Lipinski definition) is 0. The van der Waals surface area contributed by atoms with Crippen LogP contribution in [-0.2, 0) is 10.0 Å². The zero-order valence-corrected chi connectivity index (χ0v) is 16.7. The van der Waals surface area contributed by atoms with Gasteiger partial charge in [-0.25, -0.2) is 8.42 Å². The van der Waals surface area contributed by atoms with Gasteiger partial charge >= 0.3 is 0 Å². The molecule has 0 aliphatic heterocycles. The largest absolute Gasteiger partial charge is 0.335 e. The van der Waals surface area contributed by atoms with Crippen LogP contribution in [0.5, 0.6) is 0 Å². The van der Waals surface area contributed by atoms with E-state index in [9.17, 15) is 13.2 Å². The second kappa shape index (κ2) is 8.01. The number of nitrogens with zero attached hydrogens (tertiary/aromatic N) is 2. The molecule has 1 unspecified atom stereocenters. The topological polar surface area (TPSA) is 57.7 Å². The first kappa shape index (κ1) is 20.1. The van der Waals surface area contributed by atoms with Crippen LogP contribution < -0.4 is 0 Å². The van der Waals surface area contributed by atoms with E-state index in [0.717, 1.165) is 5.56 Å². The summed E-state index contributed by atoms with van der Waals surface area (Å²) in [5.74, 6) is -0.150. The molecule has 0 bridgehead atoms. The van der Waals surface area contributed by atoms with Gasteiger partial charge in [-0.1, -0.05) is 30.3 Å². The molecule has 0 radical (unpaired) electrons. The van der Waals surface area contributed by atoms with Crippen LogP contribution >= 0.6 is 0 Å². The van der Waals surface area contributed by atoms with Crippen LogP contribution in [0.3, 0.4) is 0 Å². The van der Waals surface area contributed by atoms with Crippen LogP contribution in [0.15, 0.2) is 59.5 Å². The highest BCUT2D eigenvalue weighted by Gasteiger charge is 2.24. The van der Waals surface area contributed by atoms with E-state index in [1.165, 1.54) is 16.4 Å². The highest BCUT2D eigenvalue weighted by molar-refractivity contribution is 7.89. The third kappa shape index (κ3) is 4.14. The monoisotopic (exact) mass is 374 g/mol. The lowest BCUT2D eigenvalue weighted by molar-refractivity contribution is 0.0742. The Morgan fingerprint density at radius 3 is 1.92 bits per heavy atom. The van der Waals surface area contributed by atoms with Crippen LogP contribution in [0.25, 0.3) is 0 Å². The molecule has 0 saturated heterocycles. The molecule has 2 aromatic rings. The van der Waals surface area contributed by atoms with Crippen molar-refractivity contribution in [2.24, 2.45) is 0 Å². The minimum absolute atomic E-state index is 0.0841. The molecular formula is C20H26N2O3S. The van der Waals surface area contributed by atoms with Gasteiger partial charge in [0.15, 0.2) is 0 Å². The molecular weight excluding hydrogens is 348 g/mol. The molecule has 6 heteroatoms. The average molecular weight is 375 g/mol. The van der Waals surface area contributed by atoms with Gasteiger partial charge < -0.3 is 4.90 Å². The molecule has 5 nitrogen and oxygen atoms in total. The van der Waals surface area contributed by atoms with Crippen LogP contribution in [0.2, 0.25) is 0 Å². The molecule has 0 aliphatic rings. The zero-order chi connectivity index (χ0) is 19.5. The lowest BCUT2D eigenvalue weighted by Gasteiger charge is -2.25. The third-order valence-corrected chi connectivity index (χ3v) is 6.74. The normalized spacial score (nSPS) is 13.0. The Hall–Kier alpha value is -2.18. The number of sulfonamides is 1. The number of rotatable bonds is 6. The van der Waals surface area contributed by atoms with Gasteiger partial charge in [0, 0.05) is 25.7 Å². The molecule has 0 saturated carbocycles. The van der Waals surface area contributed by atoms with Crippen molar-refractivity contribution in [3.63, 3.8) is 0 Å². The van der Waals surface area contributed by atoms with Gasteiger partial charge in [-0.05, 0) is 50.6 Å². The Labute approximate surface area is 156 Å². The van der Waals surface area contributed by atoms with Crippen molar-refractivity contribution in [2.45, 2.75) is 37.8 Å². The Morgan fingerprint density at radius 1 is 0.885 bits per heavy atom. The van der Waals surface area contributed by atoms with Crippen molar-refractivity contribution < 1.29 is 13.2 Å². The first-order chi connectivity index (χ1) is 12.2. The molecule has 1 amide bonds. The van der Waals surface area contributed by atoms with Crippen LogP contribution in [0, 0.1) is 0 Å². The maximum absolute atomic E-state index is 12.7. The molecule has 0 spiro atoms. The second-order valence-electron chi connectivity index (χ2n) is 6.64. The summed E-state index contributed by atoms with van der Waals surface area (Å²) in [6.45, 7) is 5.59. The number of hydrogen-bond acceptors (Lipinski definition) is 3. The van der Waals surface area contributed by atoms with E-state index in [4.69, 9.17) is 0 Å². The summed E-state index contributed by atoms with van der Waals surface area (Å²) in [4.78, 5) is 14.6. The lowest BCUT2D eigenvalue weighted by Crippen LogP contribution is -2.33. The fourth-order valence-corrected chi connectivity index (χ4v) is 3.92. The van der Waals surface area contributed by atoms with E-state index >= 15 is 0 Å². The van der Waals surface area contributed by atoms with Gasteiger partial charge in [0.1, 0.15) is 0 Å². The predicted octanol–water partition coefficient (Wildman–Crippen LogP) is 3.55. The van der Waals surface area contributed by atoms with E-state index in [2.05, 4.69) is 0 Å². The molecule has 26 heavy (non-hydrogen) atoms. The molecule has 0 heterocycles. The number of amides is 1. The van der Waals surface area contributed by atoms with Gasteiger partial charge in [-0.2, -0.15) is 4.31 Å². The number of carbonyl (C=O) groups is 1. The van der Waals surface area contributed by atoms with E-state index in [1.54, 1.807) is 31.1 Å². The fourth-order valence-electron chi connectivity index (χ4n) is 2.55. The highest BCUT2D eigenvalue weighted by Crippen LogP contribution is 2.22. The Kier molecular flexibility index (Phi) is 6.21. The summed E-state index contributed by atoms with van der Waals surface area (Å²) in [6.07, 6.45) is 0. The fraction of sp³-hybridized carbons (Fsp3) is 0.350. The van der Waals surface area contributed by atoms with E-state index in [1.807, 2.05) is 51.1 Å². The molecule has 0 aromatic heterocycles. The molecule has 1 atom stereocenters. The Morgan fingerprint density at radius 2 is 1.42 bits per heavy atom. The molecule has 2 aromatic carbocycles.